The lowest BCUT2D eigenvalue weighted by Crippen LogP contribution is -2.23. The van der Waals surface area contributed by atoms with Gasteiger partial charge < -0.3 is 14.2 Å². The molecule has 6 rings (SSSR count). The topological polar surface area (TPSA) is 52.3 Å². The van der Waals surface area contributed by atoms with Crippen LogP contribution in [0.15, 0.2) is 83.6 Å². The summed E-state index contributed by atoms with van der Waals surface area (Å²) in [6.07, 6.45) is 11.5. The molecule has 4 heterocycles. The summed E-state index contributed by atoms with van der Waals surface area (Å²) in [5.74, 6) is 0.0525. The van der Waals surface area contributed by atoms with Crippen molar-refractivity contribution < 1.29 is 9.13 Å². The number of aryl methyl sites for hydroxylation is 1. The minimum atomic E-state index is -0.395. The molecule has 1 aliphatic carbocycles. The molecule has 1 aromatic carbocycles. The fourth-order valence-corrected chi connectivity index (χ4v) is 4.93. The maximum Gasteiger partial charge on any atom is 0.258 e. The van der Waals surface area contributed by atoms with Gasteiger partial charge in [-0.15, -0.1) is 0 Å². The molecule has 6 nitrogen and oxygen atoms in total. The molecule has 1 aliphatic heterocycles. The van der Waals surface area contributed by atoms with Crippen molar-refractivity contribution in [1.82, 2.24) is 19.0 Å². The van der Waals surface area contributed by atoms with Crippen LogP contribution in [0, 0.1) is 5.82 Å². The molecule has 0 N–H and O–H groups in total. The van der Waals surface area contributed by atoms with Crippen LogP contribution in [0.5, 0.6) is 5.75 Å². The summed E-state index contributed by atoms with van der Waals surface area (Å²) >= 11 is 0. The van der Waals surface area contributed by atoms with Crippen molar-refractivity contribution in [1.29, 1.82) is 0 Å². The largest absolute Gasteiger partial charge is 0.487 e. The predicted octanol–water partition coefficient (Wildman–Crippen LogP) is 4.64. The van der Waals surface area contributed by atoms with E-state index in [-0.39, 0.29) is 12.2 Å². The zero-order valence-electron chi connectivity index (χ0n) is 19.4. The van der Waals surface area contributed by atoms with E-state index < -0.39 is 5.82 Å². The van der Waals surface area contributed by atoms with Crippen molar-refractivity contribution in [2.75, 3.05) is 6.54 Å². The molecule has 0 radical (unpaired) electrons. The summed E-state index contributed by atoms with van der Waals surface area (Å²) in [6, 6.07) is 12.3. The number of benzene rings is 1. The van der Waals surface area contributed by atoms with Crippen molar-refractivity contribution in [3.63, 3.8) is 0 Å². The quantitative estimate of drug-likeness (QED) is 0.428. The lowest BCUT2D eigenvalue weighted by Gasteiger charge is -2.26. The summed E-state index contributed by atoms with van der Waals surface area (Å²) < 4.78 is 22.6. The Labute approximate surface area is 202 Å². The molecule has 176 valence electrons. The first-order valence-corrected chi connectivity index (χ1v) is 11.8. The van der Waals surface area contributed by atoms with Crippen LogP contribution in [0.2, 0.25) is 0 Å². The van der Waals surface area contributed by atoms with Crippen LogP contribution in [0.1, 0.15) is 23.4 Å². The Bertz CT molecular complexity index is 1550. The van der Waals surface area contributed by atoms with Gasteiger partial charge in [0.1, 0.15) is 18.2 Å². The zero-order chi connectivity index (χ0) is 23.9. The first-order chi connectivity index (χ1) is 17.1. The number of hydrogen-bond acceptors (Lipinski definition) is 4. The average Bonchev–Trinajstić information content (AvgIpc) is 2.96. The van der Waals surface area contributed by atoms with Gasteiger partial charge in [-0.1, -0.05) is 12.1 Å². The second kappa shape index (κ2) is 8.58. The van der Waals surface area contributed by atoms with Gasteiger partial charge in [0.15, 0.2) is 0 Å². The maximum absolute atomic E-state index is 13.0. The summed E-state index contributed by atoms with van der Waals surface area (Å²) in [6.45, 7) is 2.12. The molecule has 35 heavy (non-hydrogen) atoms. The number of nitrogens with zero attached hydrogens (tertiary/aromatic N) is 4. The van der Waals surface area contributed by atoms with Crippen molar-refractivity contribution in [2.24, 2.45) is 7.05 Å². The predicted molar refractivity (Wildman–Crippen MR) is 133 cm³/mol. The number of halogens is 1. The van der Waals surface area contributed by atoms with E-state index in [1.807, 2.05) is 6.07 Å². The molecule has 2 aliphatic rings. The highest BCUT2D eigenvalue weighted by Gasteiger charge is 2.22. The first kappa shape index (κ1) is 21.4. The van der Waals surface area contributed by atoms with Crippen molar-refractivity contribution in [3.05, 3.63) is 112 Å². The molecule has 0 atom stereocenters. The zero-order valence-corrected chi connectivity index (χ0v) is 19.4. The number of ether oxygens (including phenoxy) is 1. The van der Waals surface area contributed by atoms with Gasteiger partial charge in [0, 0.05) is 54.7 Å². The smallest absolute Gasteiger partial charge is 0.258 e. The van der Waals surface area contributed by atoms with E-state index in [4.69, 9.17) is 4.74 Å². The summed E-state index contributed by atoms with van der Waals surface area (Å²) in [4.78, 5) is 19.3. The number of fused-ring (bicyclic) bond motifs is 3. The fraction of sp³-hybridized carbons (Fsp3) is 0.214. The van der Waals surface area contributed by atoms with E-state index in [1.54, 1.807) is 22.9 Å². The Balaban J connectivity index is 1.28. The lowest BCUT2D eigenvalue weighted by atomic mass is 10.1. The number of rotatable bonds is 5. The number of allylic oxidation sites excluding steroid dienone is 3. The Kier molecular flexibility index (Phi) is 5.25. The van der Waals surface area contributed by atoms with Gasteiger partial charge in [-0.05, 0) is 55.3 Å². The normalized spacial score (nSPS) is 14.9. The van der Waals surface area contributed by atoms with E-state index in [0.717, 1.165) is 43.3 Å². The molecule has 7 heteroatoms. The second-order valence-electron chi connectivity index (χ2n) is 8.99. The van der Waals surface area contributed by atoms with E-state index in [9.17, 15) is 9.18 Å². The molecule has 0 spiro atoms. The molecule has 0 bridgehead atoms. The third kappa shape index (κ3) is 3.93. The average molecular weight is 469 g/mol. The third-order valence-electron chi connectivity index (χ3n) is 6.86. The molecule has 0 saturated carbocycles. The summed E-state index contributed by atoms with van der Waals surface area (Å²) in [7, 11) is 2.12. The van der Waals surface area contributed by atoms with Crippen LogP contribution in [-0.2, 0) is 26.6 Å². The Morgan fingerprint density at radius 3 is 2.77 bits per heavy atom. The SMILES string of the molecule is Cn1c2c(c3ccc(-n4ccc(OCc5ccc(F)cn5)cc4=O)cc31)CN(C1=CC=C1)CCC2. The van der Waals surface area contributed by atoms with Crippen molar-refractivity contribution in [2.45, 2.75) is 26.0 Å². The molecular formula is C28H25FN4O2. The van der Waals surface area contributed by atoms with E-state index >= 15 is 0 Å². The van der Waals surface area contributed by atoms with Crippen LogP contribution in [0.4, 0.5) is 4.39 Å². The second-order valence-corrected chi connectivity index (χ2v) is 8.99. The van der Waals surface area contributed by atoms with Gasteiger partial charge in [0.05, 0.1) is 23.1 Å². The molecule has 4 aromatic rings. The highest BCUT2D eigenvalue weighted by atomic mass is 19.1. The summed E-state index contributed by atoms with van der Waals surface area (Å²) in [5.41, 5.74) is 6.39. The number of hydrogen-bond donors (Lipinski definition) is 0. The Morgan fingerprint density at radius 1 is 1.14 bits per heavy atom. The molecular weight excluding hydrogens is 443 g/mol. The molecule has 0 saturated heterocycles. The van der Waals surface area contributed by atoms with Crippen LogP contribution in [0.3, 0.4) is 0 Å². The fourth-order valence-electron chi connectivity index (χ4n) is 4.93. The standard InChI is InChI=1S/C28H25FN4O2/c1-31-26-6-3-12-32(21-4-2-5-21)17-25(26)24-10-9-22(14-27(24)31)33-13-11-23(15-28(33)34)35-18-20-8-7-19(29)16-30-20/h2,4-5,7-11,13-16H,3,6,12,17-18H2,1H3. The van der Waals surface area contributed by atoms with Gasteiger partial charge in [-0.3, -0.25) is 14.3 Å². The molecule has 0 unspecified atom stereocenters. The molecule has 0 fully saturated rings. The lowest BCUT2D eigenvalue weighted by molar-refractivity contribution is 0.300. The number of aromatic nitrogens is 3. The highest BCUT2D eigenvalue weighted by Crippen LogP contribution is 2.33. The van der Waals surface area contributed by atoms with Crippen LogP contribution < -0.4 is 10.3 Å². The van der Waals surface area contributed by atoms with Crippen molar-refractivity contribution in [3.8, 4) is 11.4 Å². The summed E-state index contributed by atoms with van der Waals surface area (Å²) in [5, 5.41) is 1.24. The van der Waals surface area contributed by atoms with E-state index in [2.05, 4.69) is 51.9 Å². The van der Waals surface area contributed by atoms with Gasteiger partial charge in [0.2, 0.25) is 0 Å². The van der Waals surface area contributed by atoms with Gasteiger partial charge >= 0.3 is 0 Å². The van der Waals surface area contributed by atoms with Gasteiger partial charge in [0.25, 0.3) is 5.56 Å². The Hall–Kier alpha value is -4.13. The van der Waals surface area contributed by atoms with Crippen LogP contribution in [-0.4, -0.2) is 25.6 Å². The van der Waals surface area contributed by atoms with E-state index in [1.165, 1.54) is 34.5 Å². The van der Waals surface area contributed by atoms with Gasteiger partial charge in [-0.2, -0.15) is 0 Å². The van der Waals surface area contributed by atoms with Crippen LogP contribution >= 0.6 is 0 Å². The molecule has 0 amide bonds. The molecule has 3 aromatic heterocycles. The van der Waals surface area contributed by atoms with Gasteiger partial charge in [-0.25, -0.2) is 4.39 Å². The first-order valence-electron chi connectivity index (χ1n) is 11.8. The highest BCUT2D eigenvalue weighted by molar-refractivity contribution is 5.87. The minimum absolute atomic E-state index is 0.161. The third-order valence-corrected chi connectivity index (χ3v) is 6.86. The Morgan fingerprint density at radius 2 is 2.03 bits per heavy atom. The van der Waals surface area contributed by atoms with E-state index in [0.29, 0.717) is 11.4 Å². The number of pyridine rings is 2. The maximum atomic E-state index is 13.0. The van der Waals surface area contributed by atoms with Crippen molar-refractivity contribution >= 4 is 10.9 Å². The van der Waals surface area contributed by atoms with Crippen LogP contribution in [0.25, 0.3) is 16.6 Å². The monoisotopic (exact) mass is 468 g/mol. The minimum Gasteiger partial charge on any atom is -0.487 e.